The summed E-state index contributed by atoms with van der Waals surface area (Å²) in [6, 6.07) is 13.7. The molecule has 192 valence electrons. The van der Waals surface area contributed by atoms with Crippen LogP contribution in [0.15, 0.2) is 48.7 Å². The highest BCUT2D eigenvalue weighted by atomic mass is 16.5. The molecule has 0 unspecified atom stereocenters. The summed E-state index contributed by atoms with van der Waals surface area (Å²) in [5.41, 5.74) is 3.75. The van der Waals surface area contributed by atoms with Crippen molar-refractivity contribution in [2.75, 3.05) is 70.2 Å². The molecule has 0 bridgehead atoms. The molecule has 2 heterocycles. The molecule has 1 aliphatic rings. The number of methoxy groups -OCH3 is 1. The lowest BCUT2D eigenvalue weighted by molar-refractivity contribution is 0.0527. The van der Waals surface area contributed by atoms with E-state index >= 15 is 0 Å². The number of pyridine rings is 1. The molecule has 1 fully saturated rings. The summed E-state index contributed by atoms with van der Waals surface area (Å²) in [7, 11) is 1.62. The molecule has 3 aromatic rings. The van der Waals surface area contributed by atoms with Crippen LogP contribution in [-0.2, 0) is 4.74 Å². The number of benzene rings is 2. The smallest absolute Gasteiger partial charge is 0.341 e. The fourth-order valence-corrected chi connectivity index (χ4v) is 4.48. The summed E-state index contributed by atoms with van der Waals surface area (Å²) in [5, 5.41) is 7.73. The Morgan fingerprint density at radius 1 is 1.00 bits per heavy atom. The summed E-state index contributed by atoms with van der Waals surface area (Å²) < 4.78 is 10.7. The van der Waals surface area contributed by atoms with Crippen molar-refractivity contribution in [3.8, 4) is 5.75 Å². The van der Waals surface area contributed by atoms with Gasteiger partial charge in [0.25, 0.3) is 0 Å². The van der Waals surface area contributed by atoms with Gasteiger partial charge in [0.1, 0.15) is 11.3 Å². The Labute approximate surface area is 213 Å². The van der Waals surface area contributed by atoms with Crippen LogP contribution in [0.25, 0.3) is 10.9 Å². The van der Waals surface area contributed by atoms with Crippen molar-refractivity contribution in [3.63, 3.8) is 0 Å². The second-order valence-electron chi connectivity index (χ2n) is 8.91. The van der Waals surface area contributed by atoms with Crippen molar-refractivity contribution in [1.29, 1.82) is 0 Å². The van der Waals surface area contributed by atoms with E-state index in [1.165, 1.54) is 13.1 Å². The van der Waals surface area contributed by atoms with Crippen LogP contribution >= 0.6 is 0 Å². The van der Waals surface area contributed by atoms with Crippen molar-refractivity contribution < 1.29 is 14.3 Å². The molecule has 8 nitrogen and oxygen atoms in total. The van der Waals surface area contributed by atoms with Crippen LogP contribution in [0.1, 0.15) is 30.6 Å². The van der Waals surface area contributed by atoms with Gasteiger partial charge in [0, 0.05) is 55.7 Å². The van der Waals surface area contributed by atoms with Crippen LogP contribution in [0.5, 0.6) is 5.75 Å². The van der Waals surface area contributed by atoms with Gasteiger partial charge < -0.3 is 29.9 Å². The van der Waals surface area contributed by atoms with Crippen LogP contribution in [0.3, 0.4) is 0 Å². The number of esters is 1. The van der Waals surface area contributed by atoms with Crippen LogP contribution in [0.4, 0.5) is 17.1 Å². The first-order chi connectivity index (χ1) is 17.6. The number of piperazine rings is 1. The van der Waals surface area contributed by atoms with Gasteiger partial charge in [-0.05, 0) is 68.9 Å². The summed E-state index contributed by atoms with van der Waals surface area (Å²) in [4.78, 5) is 22.2. The highest BCUT2D eigenvalue weighted by Gasteiger charge is 2.18. The summed E-state index contributed by atoms with van der Waals surface area (Å²) in [6.07, 6.45) is 2.67. The second-order valence-corrected chi connectivity index (χ2v) is 8.91. The first kappa shape index (κ1) is 25.7. The molecule has 0 radical (unpaired) electrons. The Morgan fingerprint density at radius 3 is 2.42 bits per heavy atom. The number of hydrogen-bond acceptors (Lipinski definition) is 8. The van der Waals surface area contributed by atoms with E-state index < -0.39 is 5.97 Å². The van der Waals surface area contributed by atoms with E-state index in [4.69, 9.17) is 9.47 Å². The third kappa shape index (κ3) is 6.44. The molecule has 0 amide bonds. The summed E-state index contributed by atoms with van der Waals surface area (Å²) >= 11 is 0. The van der Waals surface area contributed by atoms with Gasteiger partial charge in [-0.2, -0.15) is 0 Å². The molecule has 1 aromatic heterocycles. The first-order valence-electron chi connectivity index (χ1n) is 12.8. The Hall–Kier alpha value is -3.36. The molecule has 0 saturated carbocycles. The Bertz CT molecular complexity index is 1140. The van der Waals surface area contributed by atoms with Gasteiger partial charge in [0.05, 0.1) is 24.9 Å². The van der Waals surface area contributed by atoms with E-state index in [2.05, 4.69) is 44.5 Å². The predicted molar refractivity (Wildman–Crippen MR) is 146 cm³/mol. The zero-order chi connectivity index (χ0) is 25.3. The Kier molecular flexibility index (Phi) is 8.97. The molecule has 8 heteroatoms. The van der Waals surface area contributed by atoms with E-state index in [0.717, 1.165) is 61.4 Å². The number of nitrogens with zero attached hydrogens (tertiary/aromatic N) is 3. The van der Waals surface area contributed by atoms with E-state index in [9.17, 15) is 4.79 Å². The highest BCUT2D eigenvalue weighted by molar-refractivity contribution is 6.06. The molecule has 4 rings (SSSR count). The molecule has 0 spiro atoms. The zero-order valence-electron chi connectivity index (χ0n) is 21.5. The number of carbonyl (C=O) groups excluding carboxylic acids is 1. The minimum Gasteiger partial charge on any atom is -0.497 e. The monoisotopic (exact) mass is 491 g/mol. The maximum atomic E-state index is 12.7. The molecule has 1 saturated heterocycles. The lowest BCUT2D eigenvalue weighted by Crippen LogP contribution is -2.46. The number of nitrogens with one attached hydrogen (secondary N) is 2. The SMILES string of the molecule is CCOC(=O)c1cnc2ccc(OC)cc2c1Nc1ccc(NCCCN2CCN(CC)CC2)cc1. The van der Waals surface area contributed by atoms with Crippen molar-refractivity contribution >= 4 is 33.9 Å². The number of anilines is 3. The van der Waals surface area contributed by atoms with Crippen molar-refractivity contribution in [2.24, 2.45) is 0 Å². The number of hydrogen-bond donors (Lipinski definition) is 2. The Balaban J connectivity index is 1.40. The third-order valence-electron chi connectivity index (χ3n) is 6.62. The molecular weight excluding hydrogens is 454 g/mol. The first-order valence-corrected chi connectivity index (χ1v) is 12.8. The van der Waals surface area contributed by atoms with Gasteiger partial charge in [-0.15, -0.1) is 0 Å². The molecule has 2 N–H and O–H groups in total. The van der Waals surface area contributed by atoms with Crippen LogP contribution in [-0.4, -0.2) is 80.3 Å². The number of carbonyl (C=O) groups is 1. The highest BCUT2D eigenvalue weighted by Crippen LogP contribution is 2.32. The van der Waals surface area contributed by atoms with Gasteiger partial charge in [-0.25, -0.2) is 4.79 Å². The molecule has 0 atom stereocenters. The molecule has 36 heavy (non-hydrogen) atoms. The minimum absolute atomic E-state index is 0.295. The zero-order valence-corrected chi connectivity index (χ0v) is 21.5. The van der Waals surface area contributed by atoms with Crippen LogP contribution in [0.2, 0.25) is 0 Å². The van der Waals surface area contributed by atoms with Crippen LogP contribution in [0, 0.1) is 0 Å². The number of likely N-dealkylation sites (N-methyl/N-ethyl adjacent to an activating group) is 1. The van der Waals surface area contributed by atoms with Gasteiger partial charge in [0.2, 0.25) is 0 Å². The van der Waals surface area contributed by atoms with E-state index in [1.807, 2.05) is 30.3 Å². The van der Waals surface area contributed by atoms with E-state index in [0.29, 0.717) is 23.6 Å². The second kappa shape index (κ2) is 12.6. The maximum Gasteiger partial charge on any atom is 0.341 e. The van der Waals surface area contributed by atoms with Gasteiger partial charge in [0.15, 0.2) is 0 Å². The van der Waals surface area contributed by atoms with Gasteiger partial charge in [-0.3, -0.25) is 4.98 Å². The van der Waals surface area contributed by atoms with Crippen LogP contribution < -0.4 is 15.4 Å². The largest absolute Gasteiger partial charge is 0.497 e. The number of aromatic nitrogens is 1. The van der Waals surface area contributed by atoms with Crippen molar-refractivity contribution in [3.05, 3.63) is 54.2 Å². The summed E-state index contributed by atoms with van der Waals surface area (Å²) in [5.74, 6) is 0.284. The number of fused-ring (bicyclic) bond motifs is 1. The lowest BCUT2D eigenvalue weighted by Gasteiger charge is -2.34. The van der Waals surface area contributed by atoms with Crippen molar-refractivity contribution in [2.45, 2.75) is 20.3 Å². The minimum atomic E-state index is -0.411. The standard InChI is InChI=1S/C28H37N5O3/c1-4-32-15-17-33(18-16-32)14-6-13-29-21-7-9-22(10-8-21)31-27-24-19-23(35-3)11-12-26(24)30-20-25(27)28(34)36-5-2/h7-12,19-20,29H,4-6,13-18H2,1-3H3,(H,30,31). The molecule has 2 aromatic carbocycles. The lowest BCUT2D eigenvalue weighted by atomic mass is 10.1. The summed E-state index contributed by atoms with van der Waals surface area (Å²) in [6.45, 7) is 12.2. The quantitative estimate of drug-likeness (QED) is 0.298. The van der Waals surface area contributed by atoms with Crippen molar-refractivity contribution in [1.82, 2.24) is 14.8 Å². The maximum absolute atomic E-state index is 12.7. The number of rotatable bonds is 11. The third-order valence-corrected chi connectivity index (χ3v) is 6.62. The average molecular weight is 492 g/mol. The van der Waals surface area contributed by atoms with E-state index in [-0.39, 0.29) is 0 Å². The average Bonchev–Trinajstić information content (AvgIpc) is 2.92. The van der Waals surface area contributed by atoms with Gasteiger partial charge >= 0.3 is 5.97 Å². The fraction of sp³-hybridized carbons (Fsp3) is 0.429. The van der Waals surface area contributed by atoms with E-state index in [1.54, 1.807) is 20.2 Å². The molecule has 1 aliphatic heterocycles. The predicted octanol–water partition coefficient (Wildman–Crippen LogP) is 4.60. The molecular formula is C28H37N5O3. The number of ether oxygens (including phenoxy) is 2. The normalized spacial score (nSPS) is 14.5. The topological polar surface area (TPSA) is 79.0 Å². The molecule has 0 aliphatic carbocycles. The fourth-order valence-electron chi connectivity index (χ4n) is 4.48. The van der Waals surface area contributed by atoms with Gasteiger partial charge in [-0.1, -0.05) is 6.92 Å². The Morgan fingerprint density at radius 2 is 1.72 bits per heavy atom.